The van der Waals surface area contributed by atoms with Gasteiger partial charge in [-0.3, -0.25) is 0 Å². The minimum Gasteiger partial charge on any atom is -0.388 e. The third kappa shape index (κ3) is 3.69. The molecule has 0 saturated carbocycles. The monoisotopic (exact) mass is 362 g/mol. The average molecular weight is 364 g/mol. The van der Waals surface area contributed by atoms with E-state index in [-0.39, 0.29) is 12.2 Å². The Balaban J connectivity index is 2.25. The van der Waals surface area contributed by atoms with E-state index in [0.717, 1.165) is 0 Å². The van der Waals surface area contributed by atoms with Crippen molar-refractivity contribution in [3.8, 4) is 0 Å². The third-order valence-corrected chi connectivity index (χ3v) is 3.90. The van der Waals surface area contributed by atoms with Gasteiger partial charge in [0, 0.05) is 20.9 Å². The molecule has 0 spiro atoms. The van der Waals surface area contributed by atoms with Crippen molar-refractivity contribution >= 4 is 39.1 Å². The minimum atomic E-state index is -0.834. The maximum atomic E-state index is 13.6. The number of rotatable bonds is 3. The van der Waals surface area contributed by atoms with Crippen LogP contribution in [0.2, 0.25) is 10.0 Å². The van der Waals surface area contributed by atoms with Gasteiger partial charge < -0.3 is 5.11 Å². The lowest BCUT2D eigenvalue weighted by molar-refractivity contribution is 0.176. The molecule has 1 N–H and O–H groups in total. The van der Waals surface area contributed by atoms with Crippen LogP contribution in [0.3, 0.4) is 0 Å². The van der Waals surface area contributed by atoms with Gasteiger partial charge in [-0.1, -0.05) is 45.2 Å². The molecule has 0 fully saturated rings. The van der Waals surface area contributed by atoms with E-state index < -0.39 is 6.10 Å². The normalized spacial score (nSPS) is 12.5. The number of aliphatic hydroxyl groups is 1. The van der Waals surface area contributed by atoms with Gasteiger partial charge in [0.2, 0.25) is 0 Å². The maximum absolute atomic E-state index is 13.6. The zero-order valence-corrected chi connectivity index (χ0v) is 12.8. The van der Waals surface area contributed by atoms with Gasteiger partial charge in [0.1, 0.15) is 5.82 Å². The first-order valence-corrected chi connectivity index (χ1v) is 7.09. The van der Waals surface area contributed by atoms with Crippen LogP contribution in [0.5, 0.6) is 0 Å². The molecule has 0 aliphatic carbocycles. The predicted molar refractivity (Wildman–Crippen MR) is 79.2 cm³/mol. The molecule has 0 bridgehead atoms. The molecule has 0 aromatic heterocycles. The van der Waals surface area contributed by atoms with Crippen LogP contribution >= 0.6 is 39.1 Å². The highest BCUT2D eigenvalue weighted by Crippen LogP contribution is 2.29. The van der Waals surface area contributed by atoms with E-state index >= 15 is 0 Å². The molecule has 19 heavy (non-hydrogen) atoms. The summed E-state index contributed by atoms with van der Waals surface area (Å²) in [6, 6.07) is 9.36. The molecule has 2 aromatic carbocycles. The minimum absolute atomic E-state index is 0.145. The fraction of sp³-hybridized carbons (Fsp3) is 0.143. The molecule has 5 heteroatoms. The first-order valence-electron chi connectivity index (χ1n) is 5.54. The second-order valence-corrected chi connectivity index (χ2v) is 5.85. The molecule has 100 valence electrons. The van der Waals surface area contributed by atoms with Crippen molar-refractivity contribution in [1.82, 2.24) is 0 Å². The third-order valence-electron chi connectivity index (χ3n) is 2.74. The van der Waals surface area contributed by atoms with E-state index in [1.807, 2.05) is 0 Å². The smallest absolute Gasteiger partial charge is 0.126 e. The van der Waals surface area contributed by atoms with Gasteiger partial charge in [0.05, 0.1) is 6.10 Å². The summed E-state index contributed by atoms with van der Waals surface area (Å²) in [5.74, 6) is -0.381. The van der Waals surface area contributed by atoms with Crippen molar-refractivity contribution in [3.63, 3.8) is 0 Å². The Kier molecular flexibility index (Phi) is 4.85. The Morgan fingerprint density at radius 2 is 1.74 bits per heavy atom. The van der Waals surface area contributed by atoms with Crippen molar-refractivity contribution in [2.75, 3.05) is 0 Å². The zero-order chi connectivity index (χ0) is 14.0. The summed E-state index contributed by atoms with van der Waals surface area (Å²) >= 11 is 15.0. The summed E-state index contributed by atoms with van der Waals surface area (Å²) in [5.41, 5.74) is 1.03. The highest BCUT2D eigenvalue weighted by Gasteiger charge is 2.15. The summed E-state index contributed by atoms with van der Waals surface area (Å²) in [6.45, 7) is 0. The standard InChI is InChI=1S/C14H10BrCl2FO/c15-12-7-10(17)1-3-11(12)14(19)6-8-5-9(16)2-4-13(8)18/h1-5,7,14,19H,6H2. The molecule has 1 atom stereocenters. The van der Waals surface area contributed by atoms with Crippen molar-refractivity contribution in [2.45, 2.75) is 12.5 Å². The van der Waals surface area contributed by atoms with Gasteiger partial charge in [-0.15, -0.1) is 0 Å². The summed E-state index contributed by atoms with van der Waals surface area (Å²) in [7, 11) is 0. The van der Waals surface area contributed by atoms with E-state index in [2.05, 4.69) is 15.9 Å². The molecular formula is C14H10BrCl2FO. The van der Waals surface area contributed by atoms with E-state index in [0.29, 0.717) is 25.6 Å². The zero-order valence-electron chi connectivity index (χ0n) is 9.71. The molecule has 1 nitrogen and oxygen atoms in total. The highest BCUT2D eigenvalue weighted by molar-refractivity contribution is 9.10. The first-order chi connectivity index (χ1) is 8.97. The molecule has 2 rings (SSSR count). The van der Waals surface area contributed by atoms with Crippen LogP contribution in [0.15, 0.2) is 40.9 Å². The van der Waals surface area contributed by atoms with Gasteiger partial charge in [-0.25, -0.2) is 4.39 Å². The fourth-order valence-electron chi connectivity index (χ4n) is 1.79. The number of hydrogen-bond donors (Lipinski definition) is 1. The molecule has 0 amide bonds. The van der Waals surface area contributed by atoms with Crippen LogP contribution in [-0.4, -0.2) is 5.11 Å². The SMILES string of the molecule is OC(Cc1cc(Cl)ccc1F)c1ccc(Cl)cc1Br. The Bertz CT molecular complexity index is 604. The van der Waals surface area contributed by atoms with E-state index in [4.69, 9.17) is 23.2 Å². The summed E-state index contributed by atoms with van der Waals surface area (Å²) in [5, 5.41) is 11.2. The van der Waals surface area contributed by atoms with Gasteiger partial charge in [-0.05, 0) is 41.5 Å². The first kappa shape index (κ1) is 14.8. The Hall–Kier alpha value is -0.610. The van der Waals surface area contributed by atoms with Crippen molar-refractivity contribution in [3.05, 3.63) is 67.9 Å². The molecule has 0 saturated heterocycles. The number of benzene rings is 2. The number of hydrogen-bond acceptors (Lipinski definition) is 1. The van der Waals surface area contributed by atoms with Crippen molar-refractivity contribution in [2.24, 2.45) is 0 Å². The number of halogens is 4. The second kappa shape index (κ2) is 6.23. The lowest BCUT2D eigenvalue weighted by atomic mass is 10.0. The van der Waals surface area contributed by atoms with Crippen LogP contribution in [0, 0.1) is 5.82 Å². The van der Waals surface area contributed by atoms with Gasteiger partial charge in [0.15, 0.2) is 0 Å². The second-order valence-electron chi connectivity index (χ2n) is 4.12. The molecule has 0 radical (unpaired) electrons. The average Bonchev–Trinajstić information content (AvgIpc) is 2.33. The molecular weight excluding hydrogens is 354 g/mol. The lowest BCUT2D eigenvalue weighted by Crippen LogP contribution is -2.04. The summed E-state index contributed by atoms with van der Waals surface area (Å²) < 4.78 is 14.3. The topological polar surface area (TPSA) is 20.2 Å². The summed E-state index contributed by atoms with van der Waals surface area (Å²) in [6.07, 6.45) is -0.688. The van der Waals surface area contributed by atoms with Gasteiger partial charge >= 0.3 is 0 Å². The van der Waals surface area contributed by atoms with Crippen LogP contribution in [0.25, 0.3) is 0 Å². The lowest BCUT2D eigenvalue weighted by Gasteiger charge is -2.14. The summed E-state index contributed by atoms with van der Waals surface area (Å²) in [4.78, 5) is 0. The van der Waals surface area contributed by atoms with Crippen LogP contribution in [0.4, 0.5) is 4.39 Å². The van der Waals surface area contributed by atoms with Crippen molar-refractivity contribution < 1.29 is 9.50 Å². The van der Waals surface area contributed by atoms with E-state index in [1.165, 1.54) is 18.2 Å². The maximum Gasteiger partial charge on any atom is 0.126 e. The largest absolute Gasteiger partial charge is 0.388 e. The van der Waals surface area contributed by atoms with Crippen LogP contribution in [0.1, 0.15) is 17.2 Å². The molecule has 2 aromatic rings. The van der Waals surface area contributed by atoms with Crippen LogP contribution in [-0.2, 0) is 6.42 Å². The predicted octanol–water partition coefficient (Wildman–Crippen LogP) is 5.17. The van der Waals surface area contributed by atoms with Crippen molar-refractivity contribution in [1.29, 1.82) is 0 Å². The molecule has 0 aliphatic heterocycles. The highest BCUT2D eigenvalue weighted by atomic mass is 79.9. The molecule has 0 aliphatic rings. The Labute approximate surface area is 129 Å². The van der Waals surface area contributed by atoms with Gasteiger partial charge in [0.25, 0.3) is 0 Å². The molecule has 0 heterocycles. The van der Waals surface area contributed by atoms with E-state index in [9.17, 15) is 9.50 Å². The Morgan fingerprint density at radius 3 is 2.42 bits per heavy atom. The fourth-order valence-corrected chi connectivity index (χ4v) is 2.93. The Morgan fingerprint density at radius 1 is 1.11 bits per heavy atom. The number of aliphatic hydroxyl groups excluding tert-OH is 1. The van der Waals surface area contributed by atoms with Gasteiger partial charge in [-0.2, -0.15) is 0 Å². The quantitative estimate of drug-likeness (QED) is 0.797. The van der Waals surface area contributed by atoms with Crippen LogP contribution < -0.4 is 0 Å². The molecule has 1 unspecified atom stereocenters. The van der Waals surface area contributed by atoms with E-state index in [1.54, 1.807) is 18.2 Å².